The molecule has 2 N–H and O–H groups in total. The number of nitrogens with zero attached hydrogens (tertiary/aromatic N) is 1. The van der Waals surface area contributed by atoms with Crippen molar-refractivity contribution < 1.29 is 0 Å². The van der Waals surface area contributed by atoms with E-state index in [0.717, 1.165) is 22.9 Å². The minimum Gasteiger partial charge on any atom is -0.327 e. The van der Waals surface area contributed by atoms with Crippen molar-refractivity contribution in [1.29, 1.82) is 0 Å². The number of hydrogen-bond donors (Lipinski definition) is 1. The van der Waals surface area contributed by atoms with Crippen molar-refractivity contribution in [1.82, 2.24) is 4.98 Å². The highest BCUT2D eigenvalue weighted by Crippen LogP contribution is 2.33. The summed E-state index contributed by atoms with van der Waals surface area (Å²) in [5, 5.41) is 0.735. The Bertz CT molecular complexity index is 297. The molecule has 0 amide bonds. The number of hydrogen-bond acceptors (Lipinski definition) is 2. The summed E-state index contributed by atoms with van der Waals surface area (Å²) < 4.78 is 0. The smallest absolute Gasteiger partial charge is 0.0621 e. The van der Waals surface area contributed by atoms with Crippen LogP contribution in [-0.2, 0) is 6.42 Å². The second-order valence-corrected chi connectivity index (χ2v) is 4.08. The standard InChI is InChI=1S/C10H13ClN2/c11-9-6-13-4-3-8(9)5-10(12)7-1-2-7/h3-4,6-7,10H,1-2,5,12H2. The van der Waals surface area contributed by atoms with E-state index in [1.54, 1.807) is 12.4 Å². The van der Waals surface area contributed by atoms with Crippen LogP contribution in [0.4, 0.5) is 0 Å². The van der Waals surface area contributed by atoms with E-state index in [2.05, 4.69) is 4.98 Å². The predicted molar refractivity (Wildman–Crippen MR) is 53.7 cm³/mol. The number of halogens is 1. The lowest BCUT2D eigenvalue weighted by atomic mass is 10.0. The summed E-state index contributed by atoms with van der Waals surface area (Å²) in [6.07, 6.45) is 6.89. The van der Waals surface area contributed by atoms with Gasteiger partial charge < -0.3 is 5.73 Å². The van der Waals surface area contributed by atoms with E-state index in [9.17, 15) is 0 Å². The third-order valence-corrected chi connectivity index (χ3v) is 2.88. The Morgan fingerprint density at radius 2 is 2.38 bits per heavy atom. The van der Waals surface area contributed by atoms with Crippen LogP contribution in [0.1, 0.15) is 18.4 Å². The summed E-state index contributed by atoms with van der Waals surface area (Å²) in [6, 6.07) is 2.23. The minimum atomic E-state index is 0.278. The summed E-state index contributed by atoms with van der Waals surface area (Å²) in [7, 11) is 0. The summed E-state index contributed by atoms with van der Waals surface area (Å²) >= 11 is 5.98. The van der Waals surface area contributed by atoms with Gasteiger partial charge in [-0.3, -0.25) is 4.98 Å². The monoisotopic (exact) mass is 196 g/mol. The summed E-state index contributed by atoms with van der Waals surface area (Å²) in [4.78, 5) is 3.94. The molecule has 1 aliphatic rings. The van der Waals surface area contributed by atoms with Crippen LogP contribution in [-0.4, -0.2) is 11.0 Å². The van der Waals surface area contributed by atoms with Crippen molar-refractivity contribution in [2.45, 2.75) is 25.3 Å². The largest absolute Gasteiger partial charge is 0.327 e. The predicted octanol–water partition coefficient (Wildman–Crippen LogP) is 2.01. The zero-order valence-corrected chi connectivity index (χ0v) is 8.17. The molecule has 1 aliphatic carbocycles. The molecular formula is C10H13ClN2. The Labute approximate surface area is 83.1 Å². The first-order chi connectivity index (χ1) is 6.27. The molecule has 0 aliphatic heterocycles. The van der Waals surface area contributed by atoms with Crippen LogP contribution in [0.25, 0.3) is 0 Å². The van der Waals surface area contributed by atoms with E-state index in [-0.39, 0.29) is 6.04 Å². The van der Waals surface area contributed by atoms with Gasteiger partial charge in [0, 0.05) is 18.4 Å². The first kappa shape index (κ1) is 8.97. The molecule has 1 fully saturated rings. The molecule has 3 heteroatoms. The topological polar surface area (TPSA) is 38.9 Å². The van der Waals surface area contributed by atoms with Gasteiger partial charge in [0.25, 0.3) is 0 Å². The minimum absolute atomic E-state index is 0.278. The Morgan fingerprint density at radius 1 is 1.62 bits per heavy atom. The van der Waals surface area contributed by atoms with Crippen molar-refractivity contribution >= 4 is 11.6 Å². The molecule has 13 heavy (non-hydrogen) atoms. The highest BCUT2D eigenvalue weighted by atomic mass is 35.5. The van der Waals surface area contributed by atoms with Gasteiger partial charge in [-0.15, -0.1) is 0 Å². The molecule has 0 aromatic carbocycles. The maximum Gasteiger partial charge on any atom is 0.0621 e. The van der Waals surface area contributed by atoms with Crippen LogP contribution < -0.4 is 5.73 Å². The maximum absolute atomic E-state index is 6.00. The van der Waals surface area contributed by atoms with E-state index >= 15 is 0 Å². The molecule has 0 saturated heterocycles. The highest BCUT2D eigenvalue weighted by Gasteiger charge is 2.28. The van der Waals surface area contributed by atoms with E-state index in [4.69, 9.17) is 17.3 Å². The SMILES string of the molecule is NC(Cc1ccncc1Cl)C1CC1. The average molecular weight is 197 g/mol. The number of rotatable bonds is 3. The molecule has 2 nitrogen and oxygen atoms in total. The summed E-state index contributed by atoms with van der Waals surface area (Å²) in [5.74, 6) is 0.726. The van der Waals surface area contributed by atoms with Gasteiger partial charge in [0.2, 0.25) is 0 Å². The molecule has 1 heterocycles. The van der Waals surface area contributed by atoms with Crippen molar-refractivity contribution in [3.63, 3.8) is 0 Å². The normalized spacial score (nSPS) is 18.6. The Balaban J connectivity index is 2.03. The molecule has 1 atom stereocenters. The fourth-order valence-electron chi connectivity index (χ4n) is 1.51. The van der Waals surface area contributed by atoms with E-state index in [0.29, 0.717) is 0 Å². The van der Waals surface area contributed by atoms with Crippen LogP contribution in [0, 0.1) is 5.92 Å². The lowest BCUT2D eigenvalue weighted by Crippen LogP contribution is -2.25. The average Bonchev–Trinajstić information content (AvgIpc) is 2.91. The van der Waals surface area contributed by atoms with Gasteiger partial charge in [-0.2, -0.15) is 0 Å². The lowest BCUT2D eigenvalue weighted by Gasteiger charge is -2.10. The third kappa shape index (κ3) is 2.20. The summed E-state index contributed by atoms with van der Waals surface area (Å²) in [5.41, 5.74) is 7.12. The van der Waals surface area contributed by atoms with Crippen molar-refractivity contribution in [3.05, 3.63) is 29.0 Å². The van der Waals surface area contributed by atoms with E-state index in [1.165, 1.54) is 12.8 Å². The molecule has 1 unspecified atom stereocenters. The van der Waals surface area contributed by atoms with Crippen LogP contribution in [0.3, 0.4) is 0 Å². The third-order valence-electron chi connectivity index (χ3n) is 2.54. The zero-order valence-electron chi connectivity index (χ0n) is 7.41. The van der Waals surface area contributed by atoms with Crippen molar-refractivity contribution in [3.8, 4) is 0 Å². The first-order valence-corrected chi connectivity index (χ1v) is 4.99. The molecule has 1 aromatic heterocycles. The molecular weight excluding hydrogens is 184 g/mol. The number of pyridine rings is 1. The molecule has 0 spiro atoms. The fraction of sp³-hybridized carbons (Fsp3) is 0.500. The van der Waals surface area contributed by atoms with E-state index in [1.807, 2.05) is 6.07 Å². The Morgan fingerprint density at radius 3 is 3.00 bits per heavy atom. The van der Waals surface area contributed by atoms with Crippen LogP contribution in [0.5, 0.6) is 0 Å². The van der Waals surface area contributed by atoms with Gasteiger partial charge in [0.1, 0.15) is 0 Å². The van der Waals surface area contributed by atoms with Crippen LogP contribution >= 0.6 is 11.6 Å². The van der Waals surface area contributed by atoms with Gasteiger partial charge in [-0.25, -0.2) is 0 Å². The van der Waals surface area contributed by atoms with Gasteiger partial charge in [0.15, 0.2) is 0 Å². The van der Waals surface area contributed by atoms with Crippen molar-refractivity contribution in [2.24, 2.45) is 11.7 Å². The zero-order chi connectivity index (χ0) is 9.26. The maximum atomic E-state index is 6.00. The quantitative estimate of drug-likeness (QED) is 0.804. The molecule has 2 rings (SSSR count). The second kappa shape index (κ2) is 3.64. The first-order valence-electron chi connectivity index (χ1n) is 4.61. The van der Waals surface area contributed by atoms with Gasteiger partial charge in [-0.05, 0) is 36.8 Å². The van der Waals surface area contributed by atoms with Crippen LogP contribution in [0.15, 0.2) is 18.5 Å². The van der Waals surface area contributed by atoms with Crippen molar-refractivity contribution in [2.75, 3.05) is 0 Å². The van der Waals surface area contributed by atoms with E-state index < -0.39 is 0 Å². The molecule has 0 radical (unpaired) electrons. The Hall–Kier alpha value is -0.600. The molecule has 0 bridgehead atoms. The lowest BCUT2D eigenvalue weighted by molar-refractivity contribution is 0.591. The number of aromatic nitrogens is 1. The van der Waals surface area contributed by atoms with Gasteiger partial charge >= 0.3 is 0 Å². The Kier molecular flexibility index (Phi) is 2.51. The fourth-order valence-corrected chi connectivity index (χ4v) is 1.71. The van der Waals surface area contributed by atoms with Gasteiger partial charge in [-0.1, -0.05) is 11.6 Å². The number of nitrogens with two attached hydrogens (primary N) is 1. The second-order valence-electron chi connectivity index (χ2n) is 3.67. The van der Waals surface area contributed by atoms with Gasteiger partial charge in [0.05, 0.1) is 5.02 Å². The molecule has 70 valence electrons. The molecule has 1 saturated carbocycles. The highest BCUT2D eigenvalue weighted by molar-refractivity contribution is 6.31. The molecule has 1 aromatic rings. The van der Waals surface area contributed by atoms with Crippen LogP contribution in [0.2, 0.25) is 5.02 Å². The summed E-state index contributed by atoms with van der Waals surface area (Å²) in [6.45, 7) is 0.